The molecule has 23 heavy (non-hydrogen) atoms. The summed E-state index contributed by atoms with van der Waals surface area (Å²) in [5, 5.41) is 0. The Bertz CT molecular complexity index is 396. The SMILES string of the molecule is C=COC(C)=O.CCCCCCCC1=C(C(=O)OCCC)CC1. The molecule has 1 aliphatic carbocycles. The van der Waals surface area contributed by atoms with E-state index in [9.17, 15) is 9.59 Å². The van der Waals surface area contributed by atoms with Crippen LogP contribution in [0.4, 0.5) is 0 Å². The van der Waals surface area contributed by atoms with Crippen molar-refractivity contribution in [1.29, 1.82) is 0 Å². The van der Waals surface area contributed by atoms with Crippen LogP contribution >= 0.6 is 0 Å². The minimum Gasteiger partial charge on any atom is -0.462 e. The minimum atomic E-state index is -0.329. The molecule has 0 heterocycles. The fourth-order valence-corrected chi connectivity index (χ4v) is 2.29. The Morgan fingerprint density at radius 2 is 1.78 bits per heavy atom. The van der Waals surface area contributed by atoms with Gasteiger partial charge in [-0.1, -0.05) is 51.7 Å². The van der Waals surface area contributed by atoms with E-state index in [4.69, 9.17) is 4.74 Å². The van der Waals surface area contributed by atoms with E-state index in [1.807, 2.05) is 6.92 Å². The highest BCUT2D eigenvalue weighted by atomic mass is 16.5. The molecular weight excluding hydrogens is 292 g/mol. The Hall–Kier alpha value is -1.58. The first kappa shape index (κ1) is 21.4. The summed E-state index contributed by atoms with van der Waals surface area (Å²) in [5.41, 5.74) is 2.34. The molecule has 4 nitrogen and oxygen atoms in total. The summed E-state index contributed by atoms with van der Waals surface area (Å²) in [6.45, 7) is 9.30. The van der Waals surface area contributed by atoms with Gasteiger partial charge in [0.25, 0.3) is 0 Å². The zero-order valence-corrected chi connectivity index (χ0v) is 15.0. The van der Waals surface area contributed by atoms with Crippen molar-refractivity contribution in [3.63, 3.8) is 0 Å². The molecule has 0 amide bonds. The van der Waals surface area contributed by atoms with Crippen molar-refractivity contribution in [3.8, 4) is 0 Å². The van der Waals surface area contributed by atoms with E-state index in [1.54, 1.807) is 0 Å². The molecule has 0 N–H and O–H groups in total. The van der Waals surface area contributed by atoms with E-state index in [-0.39, 0.29) is 11.9 Å². The van der Waals surface area contributed by atoms with Gasteiger partial charge in [-0.25, -0.2) is 4.79 Å². The van der Waals surface area contributed by atoms with E-state index in [1.165, 1.54) is 44.6 Å². The number of hydrogen-bond acceptors (Lipinski definition) is 4. The highest BCUT2D eigenvalue weighted by Crippen LogP contribution is 2.32. The van der Waals surface area contributed by atoms with Crippen molar-refractivity contribution >= 4 is 11.9 Å². The van der Waals surface area contributed by atoms with Crippen LogP contribution in [0.15, 0.2) is 24.0 Å². The van der Waals surface area contributed by atoms with Crippen LogP contribution in [0, 0.1) is 0 Å². The van der Waals surface area contributed by atoms with E-state index in [0.29, 0.717) is 6.61 Å². The van der Waals surface area contributed by atoms with Crippen LogP contribution in [0.1, 0.15) is 78.6 Å². The number of allylic oxidation sites excluding steroid dienone is 1. The fourth-order valence-electron chi connectivity index (χ4n) is 2.29. The first-order chi connectivity index (χ1) is 11.1. The number of esters is 2. The van der Waals surface area contributed by atoms with Crippen LogP contribution in [-0.4, -0.2) is 18.5 Å². The third-order valence-corrected chi connectivity index (χ3v) is 3.62. The highest BCUT2D eigenvalue weighted by molar-refractivity contribution is 5.91. The Kier molecular flexibility index (Phi) is 13.1. The molecule has 1 aliphatic rings. The molecule has 0 saturated carbocycles. The lowest BCUT2D eigenvalue weighted by Gasteiger charge is -2.22. The third kappa shape index (κ3) is 10.7. The Morgan fingerprint density at radius 1 is 1.09 bits per heavy atom. The summed E-state index contributed by atoms with van der Waals surface area (Å²) in [5.74, 6) is -0.383. The molecule has 0 saturated heterocycles. The van der Waals surface area contributed by atoms with Crippen LogP contribution in [0.3, 0.4) is 0 Å². The van der Waals surface area contributed by atoms with Crippen LogP contribution in [-0.2, 0) is 19.1 Å². The molecule has 132 valence electrons. The van der Waals surface area contributed by atoms with E-state index in [0.717, 1.165) is 37.5 Å². The summed E-state index contributed by atoms with van der Waals surface area (Å²) in [7, 11) is 0. The molecule has 0 aromatic heterocycles. The number of hydrogen-bond donors (Lipinski definition) is 0. The molecule has 0 spiro atoms. The maximum atomic E-state index is 11.6. The average Bonchev–Trinajstić information content (AvgIpc) is 2.48. The quantitative estimate of drug-likeness (QED) is 0.319. The van der Waals surface area contributed by atoms with Gasteiger partial charge in [-0.15, -0.1) is 0 Å². The minimum absolute atomic E-state index is 0.0540. The summed E-state index contributed by atoms with van der Waals surface area (Å²) in [6.07, 6.45) is 11.7. The summed E-state index contributed by atoms with van der Waals surface area (Å²) in [6, 6.07) is 0. The normalized spacial score (nSPS) is 12.7. The molecule has 0 unspecified atom stereocenters. The molecule has 0 aromatic rings. The third-order valence-electron chi connectivity index (χ3n) is 3.62. The zero-order chi connectivity index (χ0) is 17.5. The van der Waals surface area contributed by atoms with Crippen molar-refractivity contribution in [2.75, 3.05) is 6.61 Å². The second-order valence-corrected chi connectivity index (χ2v) is 5.66. The molecule has 0 bridgehead atoms. The van der Waals surface area contributed by atoms with E-state index in [2.05, 4.69) is 18.2 Å². The van der Waals surface area contributed by atoms with Crippen LogP contribution in [0.2, 0.25) is 0 Å². The Balaban J connectivity index is 0.000000688. The predicted molar refractivity (Wildman–Crippen MR) is 92.8 cm³/mol. The Morgan fingerprint density at radius 3 is 2.22 bits per heavy atom. The van der Waals surface area contributed by atoms with Gasteiger partial charge in [-0.2, -0.15) is 0 Å². The van der Waals surface area contributed by atoms with Gasteiger partial charge in [-0.05, 0) is 32.1 Å². The molecule has 4 heteroatoms. The van der Waals surface area contributed by atoms with Crippen LogP contribution in [0.25, 0.3) is 0 Å². The second kappa shape index (κ2) is 14.0. The smallest absolute Gasteiger partial charge is 0.333 e. The van der Waals surface area contributed by atoms with Gasteiger partial charge in [0, 0.05) is 12.5 Å². The molecule has 0 aromatic carbocycles. The van der Waals surface area contributed by atoms with Gasteiger partial charge < -0.3 is 9.47 Å². The molecule has 0 fully saturated rings. The fraction of sp³-hybridized carbons (Fsp3) is 0.684. The van der Waals surface area contributed by atoms with Gasteiger partial charge in [0.1, 0.15) is 0 Å². The maximum Gasteiger partial charge on any atom is 0.333 e. The van der Waals surface area contributed by atoms with Gasteiger partial charge in [0.05, 0.1) is 12.9 Å². The monoisotopic (exact) mass is 324 g/mol. The van der Waals surface area contributed by atoms with Crippen molar-refractivity contribution in [2.24, 2.45) is 0 Å². The molecular formula is C19H32O4. The standard InChI is InChI=1S/C15H26O2.C4H6O2/c1-3-5-6-7-8-9-13-10-11-14(13)15(16)17-12-4-2;1-3-6-4(2)5/h3-12H2,1-2H3;3H,1H2,2H3. The van der Waals surface area contributed by atoms with Crippen molar-refractivity contribution in [1.82, 2.24) is 0 Å². The number of carbonyl (C=O) groups is 2. The average molecular weight is 324 g/mol. The van der Waals surface area contributed by atoms with Crippen molar-refractivity contribution < 1.29 is 19.1 Å². The number of unbranched alkanes of at least 4 members (excludes halogenated alkanes) is 4. The maximum absolute atomic E-state index is 11.6. The predicted octanol–water partition coefficient (Wildman–Crippen LogP) is 5.08. The summed E-state index contributed by atoms with van der Waals surface area (Å²) in [4.78, 5) is 21.4. The van der Waals surface area contributed by atoms with Crippen LogP contribution in [0.5, 0.6) is 0 Å². The van der Waals surface area contributed by atoms with Gasteiger partial charge >= 0.3 is 11.9 Å². The van der Waals surface area contributed by atoms with Gasteiger partial charge in [0.15, 0.2) is 0 Å². The number of carbonyl (C=O) groups excluding carboxylic acids is 2. The summed E-state index contributed by atoms with van der Waals surface area (Å²) >= 11 is 0. The second-order valence-electron chi connectivity index (χ2n) is 5.66. The van der Waals surface area contributed by atoms with Gasteiger partial charge in [0.2, 0.25) is 0 Å². The lowest BCUT2D eigenvalue weighted by atomic mass is 9.85. The lowest BCUT2D eigenvalue weighted by Crippen LogP contribution is -2.17. The van der Waals surface area contributed by atoms with Gasteiger partial charge in [-0.3, -0.25) is 4.79 Å². The highest BCUT2D eigenvalue weighted by Gasteiger charge is 2.23. The largest absolute Gasteiger partial charge is 0.462 e. The van der Waals surface area contributed by atoms with Crippen molar-refractivity contribution in [2.45, 2.75) is 78.6 Å². The number of ether oxygens (including phenoxy) is 2. The molecule has 0 atom stereocenters. The molecule has 1 rings (SSSR count). The zero-order valence-electron chi connectivity index (χ0n) is 15.0. The van der Waals surface area contributed by atoms with E-state index < -0.39 is 0 Å². The first-order valence-corrected chi connectivity index (χ1v) is 8.72. The first-order valence-electron chi connectivity index (χ1n) is 8.72. The summed E-state index contributed by atoms with van der Waals surface area (Å²) < 4.78 is 9.34. The van der Waals surface area contributed by atoms with E-state index >= 15 is 0 Å². The van der Waals surface area contributed by atoms with Crippen LogP contribution < -0.4 is 0 Å². The Labute approximate surface area is 140 Å². The molecule has 0 aliphatic heterocycles. The topological polar surface area (TPSA) is 52.6 Å². The lowest BCUT2D eigenvalue weighted by molar-refractivity contribution is -0.139. The number of rotatable bonds is 10. The molecule has 0 radical (unpaired) electrons. The van der Waals surface area contributed by atoms with Crippen molar-refractivity contribution in [3.05, 3.63) is 24.0 Å².